The fraction of sp³-hybridized carbons (Fsp3) is 0. The van der Waals surface area contributed by atoms with Crippen molar-refractivity contribution in [1.82, 2.24) is 4.98 Å². The number of rotatable bonds is 3. The molecule has 7 nitrogen and oxygen atoms in total. The summed E-state index contributed by atoms with van der Waals surface area (Å²) in [6.07, 6.45) is 2.41. The summed E-state index contributed by atoms with van der Waals surface area (Å²) in [6.45, 7) is 0. The number of carboxylic acid groups (broad SMARTS) is 1. The number of phenols is 2. The lowest BCUT2D eigenvalue weighted by Crippen LogP contribution is -2.13. The van der Waals surface area contributed by atoms with Gasteiger partial charge >= 0.3 is 5.97 Å². The van der Waals surface area contributed by atoms with Gasteiger partial charge in [0.15, 0.2) is 0 Å². The fourth-order valence-corrected chi connectivity index (χ4v) is 1.53. The summed E-state index contributed by atoms with van der Waals surface area (Å²) in [5, 5.41) is 30.0. The second-order valence-electron chi connectivity index (χ2n) is 3.92. The number of amides is 1. The first-order valence-corrected chi connectivity index (χ1v) is 5.49. The van der Waals surface area contributed by atoms with E-state index in [1.165, 1.54) is 24.4 Å². The zero-order chi connectivity index (χ0) is 14.7. The average Bonchev–Trinajstić information content (AvgIpc) is 2.41. The molecule has 0 spiro atoms. The van der Waals surface area contributed by atoms with Crippen molar-refractivity contribution in [3.05, 3.63) is 47.8 Å². The fourth-order valence-electron chi connectivity index (χ4n) is 1.53. The molecule has 1 amide bonds. The molecule has 2 rings (SSSR count). The van der Waals surface area contributed by atoms with Gasteiger partial charge in [0.25, 0.3) is 5.91 Å². The number of benzene rings is 1. The van der Waals surface area contributed by atoms with Gasteiger partial charge in [-0.15, -0.1) is 0 Å². The molecule has 4 N–H and O–H groups in total. The predicted octanol–water partition coefficient (Wildman–Crippen LogP) is 1.44. The van der Waals surface area contributed by atoms with Crippen LogP contribution in [0.3, 0.4) is 0 Å². The number of aromatic carboxylic acids is 1. The van der Waals surface area contributed by atoms with Crippen molar-refractivity contribution in [2.75, 3.05) is 5.32 Å². The number of anilines is 1. The number of pyridine rings is 1. The number of carboxylic acids is 1. The topological polar surface area (TPSA) is 120 Å². The highest BCUT2D eigenvalue weighted by Crippen LogP contribution is 2.23. The molecule has 0 unspecified atom stereocenters. The van der Waals surface area contributed by atoms with Crippen LogP contribution in [0, 0.1) is 0 Å². The van der Waals surface area contributed by atoms with Crippen LogP contribution < -0.4 is 5.32 Å². The van der Waals surface area contributed by atoms with Crippen molar-refractivity contribution in [3.8, 4) is 11.5 Å². The minimum absolute atomic E-state index is 0.0806. The SMILES string of the molecule is O=C(O)c1cncc(NC(=O)c2cc(O)ccc2O)c1. The number of aromatic nitrogens is 1. The Morgan fingerprint density at radius 1 is 1.10 bits per heavy atom. The van der Waals surface area contributed by atoms with Crippen LogP contribution in [0.2, 0.25) is 0 Å². The lowest BCUT2D eigenvalue weighted by Gasteiger charge is -2.07. The first-order chi connectivity index (χ1) is 9.47. The maximum Gasteiger partial charge on any atom is 0.337 e. The highest BCUT2D eigenvalue weighted by molar-refractivity contribution is 6.06. The largest absolute Gasteiger partial charge is 0.508 e. The minimum atomic E-state index is -1.17. The first kappa shape index (κ1) is 13.3. The van der Waals surface area contributed by atoms with Crippen molar-refractivity contribution in [2.45, 2.75) is 0 Å². The second-order valence-corrected chi connectivity index (χ2v) is 3.92. The number of nitrogens with one attached hydrogen (secondary N) is 1. The summed E-state index contributed by atoms with van der Waals surface area (Å²) >= 11 is 0. The lowest BCUT2D eigenvalue weighted by atomic mass is 10.1. The molecule has 0 saturated carbocycles. The van der Waals surface area contributed by atoms with Gasteiger partial charge in [-0.1, -0.05) is 0 Å². The van der Waals surface area contributed by atoms with E-state index in [0.29, 0.717) is 0 Å². The molecule has 102 valence electrons. The third kappa shape index (κ3) is 2.83. The van der Waals surface area contributed by atoms with Gasteiger partial charge in [-0.05, 0) is 24.3 Å². The maximum absolute atomic E-state index is 11.9. The number of phenolic OH excluding ortho intramolecular Hbond substituents is 2. The Balaban J connectivity index is 2.25. The quantitative estimate of drug-likeness (QED) is 0.629. The van der Waals surface area contributed by atoms with E-state index < -0.39 is 11.9 Å². The molecule has 1 aromatic carbocycles. The Bertz CT molecular complexity index is 684. The standard InChI is InChI=1S/C13H10N2O5/c16-9-1-2-11(17)10(4-9)12(18)15-8-3-7(13(19)20)5-14-6-8/h1-6,16-17H,(H,15,18)(H,19,20). The monoisotopic (exact) mass is 274 g/mol. The van der Waals surface area contributed by atoms with Crippen LogP contribution >= 0.6 is 0 Å². The Morgan fingerprint density at radius 2 is 1.85 bits per heavy atom. The van der Waals surface area contributed by atoms with E-state index in [4.69, 9.17) is 5.11 Å². The molecule has 1 aromatic heterocycles. The van der Waals surface area contributed by atoms with Crippen molar-refractivity contribution in [1.29, 1.82) is 0 Å². The van der Waals surface area contributed by atoms with E-state index in [9.17, 15) is 19.8 Å². The molecule has 7 heteroatoms. The number of hydrogen-bond donors (Lipinski definition) is 4. The predicted molar refractivity (Wildman–Crippen MR) is 68.9 cm³/mol. The van der Waals surface area contributed by atoms with Crippen LogP contribution in [0.4, 0.5) is 5.69 Å². The Labute approximate surface area is 113 Å². The lowest BCUT2D eigenvalue weighted by molar-refractivity contribution is 0.0696. The van der Waals surface area contributed by atoms with Crippen molar-refractivity contribution >= 4 is 17.6 Å². The van der Waals surface area contributed by atoms with E-state index in [1.54, 1.807) is 0 Å². The summed E-state index contributed by atoms with van der Waals surface area (Å²) < 4.78 is 0. The van der Waals surface area contributed by atoms with Gasteiger partial charge in [0, 0.05) is 6.20 Å². The van der Waals surface area contributed by atoms with Gasteiger partial charge in [-0.3, -0.25) is 9.78 Å². The highest BCUT2D eigenvalue weighted by Gasteiger charge is 2.13. The normalized spacial score (nSPS) is 10.0. The summed E-state index contributed by atoms with van der Waals surface area (Å²) in [5.74, 6) is -2.34. The second kappa shape index (κ2) is 5.27. The van der Waals surface area contributed by atoms with Crippen LogP contribution in [0.15, 0.2) is 36.7 Å². The van der Waals surface area contributed by atoms with Gasteiger partial charge in [0.05, 0.1) is 23.0 Å². The van der Waals surface area contributed by atoms with Gasteiger partial charge in [0.1, 0.15) is 11.5 Å². The molecule has 20 heavy (non-hydrogen) atoms. The number of hydrogen-bond acceptors (Lipinski definition) is 5. The van der Waals surface area contributed by atoms with E-state index in [1.807, 2.05) is 0 Å². The Kier molecular flexibility index (Phi) is 3.52. The van der Waals surface area contributed by atoms with Crippen LogP contribution in [0.1, 0.15) is 20.7 Å². The van der Waals surface area contributed by atoms with Crippen molar-refractivity contribution in [3.63, 3.8) is 0 Å². The van der Waals surface area contributed by atoms with Crippen LogP contribution in [-0.4, -0.2) is 32.2 Å². The maximum atomic E-state index is 11.9. The molecule has 0 aliphatic carbocycles. The van der Waals surface area contributed by atoms with Crippen LogP contribution in [0.25, 0.3) is 0 Å². The number of nitrogens with zero attached hydrogens (tertiary/aromatic N) is 1. The third-order valence-electron chi connectivity index (χ3n) is 2.47. The smallest absolute Gasteiger partial charge is 0.337 e. The molecular formula is C13H10N2O5. The average molecular weight is 274 g/mol. The van der Waals surface area contributed by atoms with Gasteiger partial charge in [-0.25, -0.2) is 4.79 Å². The number of aromatic hydroxyl groups is 2. The zero-order valence-electron chi connectivity index (χ0n) is 10.1. The molecule has 1 heterocycles. The van der Waals surface area contributed by atoms with E-state index in [2.05, 4.69) is 10.3 Å². The summed E-state index contributed by atoms with van der Waals surface area (Å²) in [5.41, 5.74) is -0.0497. The number of carbonyl (C=O) groups is 2. The molecule has 0 saturated heterocycles. The third-order valence-corrected chi connectivity index (χ3v) is 2.47. The minimum Gasteiger partial charge on any atom is -0.508 e. The van der Waals surface area contributed by atoms with E-state index in [-0.39, 0.29) is 28.3 Å². The molecule has 0 radical (unpaired) electrons. The molecule has 0 bridgehead atoms. The van der Waals surface area contributed by atoms with Crippen molar-refractivity contribution in [2.24, 2.45) is 0 Å². The number of carbonyl (C=O) groups excluding carboxylic acids is 1. The van der Waals surface area contributed by atoms with E-state index in [0.717, 1.165) is 12.3 Å². The van der Waals surface area contributed by atoms with Gasteiger partial charge < -0.3 is 20.6 Å². The Hall–Kier alpha value is -3.09. The van der Waals surface area contributed by atoms with Crippen LogP contribution in [-0.2, 0) is 0 Å². The van der Waals surface area contributed by atoms with Gasteiger partial charge in [0.2, 0.25) is 0 Å². The summed E-state index contributed by atoms with van der Waals surface area (Å²) in [4.78, 5) is 26.4. The molecule has 0 aliphatic rings. The molecule has 0 fully saturated rings. The molecule has 0 aliphatic heterocycles. The van der Waals surface area contributed by atoms with E-state index >= 15 is 0 Å². The summed E-state index contributed by atoms with van der Waals surface area (Å²) in [7, 11) is 0. The van der Waals surface area contributed by atoms with Gasteiger partial charge in [-0.2, -0.15) is 0 Å². The highest BCUT2D eigenvalue weighted by atomic mass is 16.4. The zero-order valence-corrected chi connectivity index (χ0v) is 10.1. The first-order valence-electron chi connectivity index (χ1n) is 5.49. The summed E-state index contributed by atoms with van der Waals surface area (Å²) in [6, 6.07) is 4.74. The Morgan fingerprint density at radius 3 is 2.55 bits per heavy atom. The molecule has 2 aromatic rings. The van der Waals surface area contributed by atoms with Crippen molar-refractivity contribution < 1.29 is 24.9 Å². The van der Waals surface area contributed by atoms with Crippen LogP contribution in [0.5, 0.6) is 11.5 Å². The molecule has 0 atom stereocenters. The molecular weight excluding hydrogens is 264 g/mol.